The number of alkyl halides is 1. The van der Waals surface area contributed by atoms with Crippen LogP contribution in [0.1, 0.15) is 12.5 Å². The Bertz CT molecular complexity index is 307. The zero-order valence-electron chi connectivity index (χ0n) is 6.95. The van der Waals surface area contributed by atoms with Crippen molar-refractivity contribution < 1.29 is 0 Å². The van der Waals surface area contributed by atoms with Gasteiger partial charge in [-0.1, -0.05) is 28.9 Å². The molecule has 0 saturated carbocycles. The second-order valence-corrected chi connectivity index (χ2v) is 6.82. The highest BCUT2D eigenvalue weighted by atomic mass is 79.9. The Kier molecular flexibility index (Phi) is 4.97. The zero-order chi connectivity index (χ0) is 10.0. The summed E-state index contributed by atoms with van der Waals surface area (Å²) in [5.41, 5.74) is 1.31. The first-order valence-electron chi connectivity index (χ1n) is 3.79. The van der Waals surface area contributed by atoms with Gasteiger partial charge in [0.25, 0.3) is 0 Å². The summed E-state index contributed by atoms with van der Waals surface area (Å²) in [6.07, 6.45) is 1.02. The molecule has 1 atom stereocenters. The van der Waals surface area contributed by atoms with Gasteiger partial charge in [-0.25, -0.2) is 0 Å². The van der Waals surface area contributed by atoms with Crippen molar-refractivity contribution >= 4 is 63.7 Å². The monoisotopic (exact) mass is 432 g/mol. The van der Waals surface area contributed by atoms with Gasteiger partial charge in [-0.05, 0) is 65.8 Å². The minimum absolute atomic E-state index is 0.497. The lowest BCUT2D eigenvalue weighted by Gasteiger charge is -2.08. The third-order valence-corrected chi connectivity index (χ3v) is 5.39. The molecule has 0 fully saturated rings. The fourth-order valence-corrected chi connectivity index (χ4v) is 2.87. The van der Waals surface area contributed by atoms with Crippen molar-refractivity contribution in [2.24, 2.45) is 0 Å². The van der Waals surface area contributed by atoms with Gasteiger partial charge in [0, 0.05) is 18.2 Å². The van der Waals surface area contributed by atoms with Crippen LogP contribution < -0.4 is 0 Å². The first kappa shape index (κ1) is 12.2. The molecule has 0 N–H and O–H groups in total. The van der Waals surface area contributed by atoms with Crippen LogP contribution in [0.15, 0.2) is 25.6 Å². The van der Waals surface area contributed by atoms with E-state index in [9.17, 15) is 0 Å². The summed E-state index contributed by atoms with van der Waals surface area (Å²) in [7, 11) is 0. The molecule has 1 rings (SSSR count). The van der Waals surface area contributed by atoms with Gasteiger partial charge >= 0.3 is 0 Å². The topological polar surface area (TPSA) is 0 Å². The molecule has 1 aromatic carbocycles. The molecular formula is C9H8Br4. The first-order chi connectivity index (χ1) is 6.02. The minimum Gasteiger partial charge on any atom is -0.0890 e. The molecule has 0 amide bonds. The van der Waals surface area contributed by atoms with Gasteiger partial charge < -0.3 is 0 Å². The largest absolute Gasteiger partial charge is 0.0890 e. The smallest absolute Gasteiger partial charge is 0.0462 e. The maximum atomic E-state index is 3.56. The van der Waals surface area contributed by atoms with E-state index >= 15 is 0 Å². The van der Waals surface area contributed by atoms with Gasteiger partial charge in [0.15, 0.2) is 0 Å². The molecular weight excluding hydrogens is 428 g/mol. The highest BCUT2D eigenvalue weighted by molar-refractivity contribution is 9.14. The molecule has 0 aromatic heterocycles. The fourth-order valence-electron chi connectivity index (χ4n) is 1.03. The molecule has 0 aliphatic carbocycles. The standard InChI is InChI=1S/C9H8Br4/c1-5(10)4-6-2-3-7(11)9(13)8(6)12/h2-3,5H,4H2,1H3. The van der Waals surface area contributed by atoms with Crippen molar-refractivity contribution in [1.82, 2.24) is 0 Å². The average Bonchev–Trinajstić information content (AvgIpc) is 2.06. The summed E-state index contributed by atoms with van der Waals surface area (Å²) < 4.78 is 3.29. The van der Waals surface area contributed by atoms with Gasteiger partial charge in [0.05, 0.1) is 0 Å². The Morgan fingerprint density at radius 3 is 2.31 bits per heavy atom. The van der Waals surface area contributed by atoms with E-state index in [-0.39, 0.29) is 0 Å². The maximum absolute atomic E-state index is 3.56. The normalized spacial score (nSPS) is 13.0. The molecule has 0 saturated heterocycles. The lowest BCUT2D eigenvalue weighted by atomic mass is 10.1. The van der Waals surface area contributed by atoms with Crippen molar-refractivity contribution in [2.45, 2.75) is 18.2 Å². The summed E-state index contributed by atoms with van der Waals surface area (Å²) in [4.78, 5) is 0.497. The number of hydrogen-bond acceptors (Lipinski definition) is 0. The van der Waals surface area contributed by atoms with Crippen LogP contribution in [0, 0.1) is 0 Å². The second-order valence-electron chi connectivity index (χ2n) is 2.82. The quantitative estimate of drug-likeness (QED) is 0.437. The number of rotatable bonds is 2. The molecule has 0 nitrogen and oxygen atoms in total. The van der Waals surface area contributed by atoms with Crippen LogP contribution in [0.5, 0.6) is 0 Å². The Hall–Kier alpha value is 1.14. The van der Waals surface area contributed by atoms with E-state index in [2.05, 4.69) is 82.8 Å². The van der Waals surface area contributed by atoms with Crippen molar-refractivity contribution in [2.75, 3.05) is 0 Å². The molecule has 0 bridgehead atoms. The second kappa shape index (κ2) is 5.29. The van der Waals surface area contributed by atoms with Crippen molar-refractivity contribution in [3.05, 3.63) is 31.1 Å². The lowest BCUT2D eigenvalue weighted by Crippen LogP contribution is -1.97. The lowest BCUT2D eigenvalue weighted by molar-refractivity contribution is 0.952. The highest BCUT2D eigenvalue weighted by Gasteiger charge is 2.08. The molecule has 13 heavy (non-hydrogen) atoms. The third-order valence-electron chi connectivity index (χ3n) is 1.62. The molecule has 0 aliphatic rings. The van der Waals surface area contributed by atoms with Crippen LogP contribution >= 0.6 is 63.7 Å². The Balaban J connectivity index is 3.04. The number of hydrogen-bond donors (Lipinski definition) is 0. The van der Waals surface area contributed by atoms with Crippen LogP contribution in [0.25, 0.3) is 0 Å². The molecule has 0 aliphatic heterocycles. The first-order valence-corrected chi connectivity index (χ1v) is 7.08. The molecule has 1 unspecified atom stereocenters. The van der Waals surface area contributed by atoms with Crippen LogP contribution in [-0.4, -0.2) is 4.83 Å². The SMILES string of the molecule is CC(Br)Cc1ccc(Br)c(Br)c1Br. The van der Waals surface area contributed by atoms with E-state index in [4.69, 9.17) is 0 Å². The predicted molar refractivity (Wildman–Crippen MR) is 71.6 cm³/mol. The van der Waals surface area contributed by atoms with Gasteiger partial charge in [-0.15, -0.1) is 0 Å². The van der Waals surface area contributed by atoms with Crippen molar-refractivity contribution in [1.29, 1.82) is 0 Å². The predicted octanol–water partition coefficient (Wildman–Crippen LogP) is 5.30. The van der Waals surface area contributed by atoms with Crippen LogP contribution in [0.3, 0.4) is 0 Å². The van der Waals surface area contributed by atoms with E-state index in [1.807, 2.05) is 0 Å². The van der Waals surface area contributed by atoms with Gasteiger partial charge in [-0.2, -0.15) is 0 Å². The molecule has 0 heterocycles. The van der Waals surface area contributed by atoms with Gasteiger partial charge in [0.2, 0.25) is 0 Å². The molecule has 4 heteroatoms. The Morgan fingerprint density at radius 2 is 1.77 bits per heavy atom. The number of halogens is 4. The Morgan fingerprint density at radius 1 is 1.15 bits per heavy atom. The summed E-state index contributed by atoms with van der Waals surface area (Å²) in [5, 5.41) is 0. The Labute approximate surface area is 112 Å². The van der Waals surface area contributed by atoms with E-state index < -0.39 is 0 Å². The van der Waals surface area contributed by atoms with Gasteiger partial charge in [-0.3, -0.25) is 0 Å². The van der Waals surface area contributed by atoms with Crippen LogP contribution in [0.2, 0.25) is 0 Å². The summed E-state index contributed by atoms with van der Waals surface area (Å²) >= 11 is 14.1. The van der Waals surface area contributed by atoms with E-state index in [0.29, 0.717) is 4.83 Å². The van der Waals surface area contributed by atoms with E-state index in [0.717, 1.165) is 19.8 Å². The highest BCUT2D eigenvalue weighted by Crippen LogP contribution is 2.34. The van der Waals surface area contributed by atoms with Crippen LogP contribution in [0.4, 0.5) is 0 Å². The van der Waals surface area contributed by atoms with E-state index in [1.54, 1.807) is 0 Å². The van der Waals surface area contributed by atoms with Crippen LogP contribution in [-0.2, 0) is 6.42 Å². The van der Waals surface area contributed by atoms with Crippen molar-refractivity contribution in [3.8, 4) is 0 Å². The number of benzene rings is 1. The van der Waals surface area contributed by atoms with Crippen molar-refractivity contribution in [3.63, 3.8) is 0 Å². The summed E-state index contributed by atoms with van der Waals surface area (Å²) in [6, 6.07) is 4.18. The third kappa shape index (κ3) is 3.33. The van der Waals surface area contributed by atoms with E-state index in [1.165, 1.54) is 5.56 Å². The summed E-state index contributed by atoms with van der Waals surface area (Å²) in [6.45, 7) is 2.14. The molecule has 72 valence electrons. The molecule has 1 aromatic rings. The minimum atomic E-state index is 0.497. The summed E-state index contributed by atoms with van der Waals surface area (Å²) in [5.74, 6) is 0. The molecule has 0 radical (unpaired) electrons. The fraction of sp³-hybridized carbons (Fsp3) is 0.333. The van der Waals surface area contributed by atoms with Gasteiger partial charge in [0.1, 0.15) is 0 Å². The zero-order valence-corrected chi connectivity index (χ0v) is 13.3. The maximum Gasteiger partial charge on any atom is 0.0462 e. The molecule has 0 spiro atoms. The average molecular weight is 436 g/mol.